The molecule has 7 heteroatoms. The van der Waals surface area contributed by atoms with E-state index in [-0.39, 0.29) is 11.7 Å². The van der Waals surface area contributed by atoms with Gasteiger partial charge in [0.05, 0.1) is 5.75 Å². The van der Waals surface area contributed by atoms with Crippen molar-refractivity contribution >= 4 is 35.0 Å². The zero-order chi connectivity index (χ0) is 22.5. The van der Waals surface area contributed by atoms with Crippen LogP contribution >= 0.6 is 23.4 Å². The first kappa shape index (κ1) is 22.1. The van der Waals surface area contributed by atoms with Crippen molar-refractivity contribution in [2.45, 2.75) is 25.4 Å². The van der Waals surface area contributed by atoms with Crippen LogP contribution in [0.1, 0.15) is 18.1 Å². The third-order valence-electron chi connectivity index (χ3n) is 5.09. The van der Waals surface area contributed by atoms with Gasteiger partial charge in [0.15, 0.2) is 11.0 Å². The standard InChI is InChI=1S/C25H23ClN4OS/c1-3-18-8-14-21(15-9-18)30-24(19-10-12-20(26)13-11-19)28-29-25(30)32-16-23(31)27-22-7-5-4-6-17(22)2/h4-15H,3,16H2,1-2H3,(H,27,31). The summed E-state index contributed by atoms with van der Waals surface area (Å²) in [6.45, 7) is 4.10. The molecule has 4 rings (SSSR count). The Kier molecular flexibility index (Phi) is 6.93. The van der Waals surface area contributed by atoms with Gasteiger partial charge in [-0.25, -0.2) is 0 Å². The van der Waals surface area contributed by atoms with E-state index in [4.69, 9.17) is 11.6 Å². The summed E-state index contributed by atoms with van der Waals surface area (Å²) >= 11 is 7.42. The molecule has 0 aliphatic rings. The number of rotatable bonds is 7. The number of aryl methyl sites for hydroxylation is 2. The fourth-order valence-electron chi connectivity index (χ4n) is 3.29. The first-order chi connectivity index (χ1) is 15.5. The Labute approximate surface area is 196 Å². The lowest BCUT2D eigenvalue weighted by Gasteiger charge is -2.12. The van der Waals surface area contributed by atoms with Gasteiger partial charge >= 0.3 is 0 Å². The molecule has 0 aliphatic carbocycles. The van der Waals surface area contributed by atoms with Crippen LogP contribution in [0.2, 0.25) is 5.02 Å². The first-order valence-corrected chi connectivity index (χ1v) is 11.7. The second kappa shape index (κ2) is 10.0. The molecule has 0 aliphatic heterocycles. The van der Waals surface area contributed by atoms with Crippen LogP contribution in [0.25, 0.3) is 17.1 Å². The van der Waals surface area contributed by atoms with Crippen LogP contribution in [-0.2, 0) is 11.2 Å². The van der Waals surface area contributed by atoms with Gasteiger partial charge in [-0.3, -0.25) is 9.36 Å². The molecule has 0 saturated heterocycles. The maximum atomic E-state index is 12.6. The van der Waals surface area contributed by atoms with Crippen molar-refractivity contribution in [1.29, 1.82) is 0 Å². The number of thioether (sulfide) groups is 1. The maximum Gasteiger partial charge on any atom is 0.234 e. The number of nitrogens with one attached hydrogen (secondary N) is 1. The minimum atomic E-state index is -0.0896. The molecule has 1 N–H and O–H groups in total. The van der Waals surface area contributed by atoms with Gasteiger partial charge in [0, 0.05) is 22.0 Å². The lowest BCUT2D eigenvalue weighted by molar-refractivity contribution is -0.113. The highest BCUT2D eigenvalue weighted by molar-refractivity contribution is 7.99. The van der Waals surface area contributed by atoms with Crippen LogP contribution in [0.4, 0.5) is 5.69 Å². The van der Waals surface area contributed by atoms with E-state index in [9.17, 15) is 4.79 Å². The number of hydrogen-bond donors (Lipinski definition) is 1. The summed E-state index contributed by atoms with van der Waals surface area (Å²) in [5, 5.41) is 13.1. The molecule has 0 radical (unpaired) electrons. The summed E-state index contributed by atoms with van der Waals surface area (Å²) in [6, 6.07) is 23.5. The molecule has 0 atom stereocenters. The fourth-order valence-corrected chi connectivity index (χ4v) is 4.17. The van der Waals surface area contributed by atoms with Crippen molar-refractivity contribution in [1.82, 2.24) is 14.8 Å². The molecule has 0 unspecified atom stereocenters. The van der Waals surface area contributed by atoms with E-state index in [0.29, 0.717) is 16.0 Å². The van der Waals surface area contributed by atoms with E-state index in [1.54, 1.807) is 0 Å². The van der Waals surface area contributed by atoms with Gasteiger partial charge in [-0.05, 0) is 66.9 Å². The van der Waals surface area contributed by atoms with Crippen LogP contribution < -0.4 is 5.32 Å². The highest BCUT2D eigenvalue weighted by atomic mass is 35.5. The minimum absolute atomic E-state index is 0.0896. The highest BCUT2D eigenvalue weighted by Gasteiger charge is 2.17. The summed E-state index contributed by atoms with van der Waals surface area (Å²) in [7, 11) is 0. The molecule has 32 heavy (non-hydrogen) atoms. The van der Waals surface area contributed by atoms with Crippen LogP contribution in [0.5, 0.6) is 0 Å². The lowest BCUT2D eigenvalue weighted by atomic mass is 10.1. The van der Waals surface area contributed by atoms with Crippen molar-refractivity contribution in [3.05, 3.63) is 88.9 Å². The second-order valence-corrected chi connectivity index (χ2v) is 8.70. The Hall–Kier alpha value is -3.09. The number of amides is 1. The quantitative estimate of drug-likeness (QED) is 0.333. The molecule has 162 valence electrons. The molecule has 1 heterocycles. The van der Waals surface area contributed by atoms with E-state index >= 15 is 0 Å². The number of benzene rings is 3. The number of carbonyl (C=O) groups is 1. The Morgan fingerprint density at radius 3 is 2.41 bits per heavy atom. The number of hydrogen-bond acceptors (Lipinski definition) is 4. The van der Waals surface area contributed by atoms with Gasteiger partial charge in [-0.1, -0.05) is 60.6 Å². The van der Waals surface area contributed by atoms with Gasteiger partial charge in [-0.2, -0.15) is 0 Å². The van der Waals surface area contributed by atoms with Gasteiger partial charge in [0.2, 0.25) is 5.91 Å². The Balaban J connectivity index is 1.61. The number of nitrogens with zero attached hydrogens (tertiary/aromatic N) is 3. The third kappa shape index (κ3) is 5.03. The van der Waals surface area contributed by atoms with Crippen LogP contribution in [0.15, 0.2) is 78.0 Å². The smallest absolute Gasteiger partial charge is 0.234 e. The average Bonchev–Trinajstić information content (AvgIpc) is 3.24. The molecular weight excluding hydrogens is 440 g/mol. The van der Waals surface area contributed by atoms with Crippen molar-refractivity contribution in [2.24, 2.45) is 0 Å². The Morgan fingerprint density at radius 2 is 1.72 bits per heavy atom. The van der Waals surface area contributed by atoms with Gasteiger partial charge in [0.1, 0.15) is 0 Å². The van der Waals surface area contributed by atoms with Crippen molar-refractivity contribution < 1.29 is 4.79 Å². The molecule has 0 saturated carbocycles. The van der Waals surface area contributed by atoms with E-state index < -0.39 is 0 Å². The molecule has 5 nitrogen and oxygen atoms in total. The van der Waals surface area contributed by atoms with Crippen LogP contribution in [0.3, 0.4) is 0 Å². The SMILES string of the molecule is CCc1ccc(-n2c(SCC(=O)Nc3ccccc3C)nnc2-c2ccc(Cl)cc2)cc1. The normalized spacial score (nSPS) is 10.8. The van der Waals surface area contributed by atoms with Crippen molar-refractivity contribution in [2.75, 3.05) is 11.1 Å². The predicted molar refractivity (Wildman–Crippen MR) is 132 cm³/mol. The third-order valence-corrected chi connectivity index (χ3v) is 6.27. The van der Waals surface area contributed by atoms with Crippen molar-refractivity contribution in [3.8, 4) is 17.1 Å². The molecule has 1 aromatic heterocycles. The zero-order valence-corrected chi connectivity index (χ0v) is 19.5. The van der Waals surface area contributed by atoms with Crippen LogP contribution in [-0.4, -0.2) is 26.4 Å². The Bertz CT molecular complexity index is 1220. The van der Waals surface area contributed by atoms with Gasteiger partial charge in [-0.15, -0.1) is 10.2 Å². The minimum Gasteiger partial charge on any atom is -0.325 e. The molecule has 1 amide bonds. The molecule has 0 fully saturated rings. The monoisotopic (exact) mass is 462 g/mol. The molecule has 0 bridgehead atoms. The van der Waals surface area contributed by atoms with E-state index in [0.717, 1.165) is 28.9 Å². The van der Waals surface area contributed by atoms with Crippen molar-refractivity contribution in [3.63, 3.8) is 0 Å². The average molecular weight is 463 g/mol. The summed E-state index contributed by atoms with van der Waals surface area (Å²) in [5.41, 5.74) is 4.94. The second-order valence-electron chi connectivity index (χ2n) is 7.32. The number of para-hydroxylation sites is 1. The summed E-state index contributed by atoms with van der Waals surface area (Å²) < 4.78 is 1.98. The van der Waals surface area contributed by atoms with Crippen LogP contribution in [0, 0.1) is 6.92 Å². The molecule has 4 aromatic rings. The predicted octanol–water partition coefficient (Wildman–Crippen LogP) is 6.19. The Morgan fingerprint density at radius 1 is 1.00 bits per heavy atom. The van der Waals surface area contributed by atoms with E-state index in [2.05, 4.69) is 46.7 Å². The maximum absolute atomic E-state index is 12.6. The first-order valence-electron chi connectivity index (χ1n) is 10.3. The number of carbonyl (C=O) groups excluding carboxylic acids is 1. The topological polar surface area (TPSA) is 59.8 Å². The van der Waals surface area contributed by atoms with E-state index in [1.807, 2.05) is 60.0 Å². The zero-order valence-electron chi connectivity index (χ0n) is 17.9. The summed E-state index contributed by atoms with van der Waals surface area (Å²) in [4.78, 5) is 12.6. The number of anilines is 1. The van der Waals surface area contributed by atoms with Gasteiger partial charge in [0.25, 0.3) is 0 Å². The summed E-state index contributed by atoms with van der Waals surface area (Å²) in [6.07, 6.45) is 0.965. The largest absolute Gasteiger partial charge is 0.325 e. The van der Waals surface area contributed by atoms with E-state index in [1.165, 1.54) is 17.3 Å². The molecule has 0 spiro atoms. The highest BCUT2D eigenvalue weighted by Crippen LogP contribution is 2.29. The lowest BCUT2D eigenvalue weighted by Crippen LogP contribution is -2.15. The molecular formula is C25H23ClN4OS. The number of aromatic nitrogens is 3. The summed E-state index contributed by atoms with van der Waals surface area (Å²) in [5.74, 6) is 0.834. The fraction of sp³-hybridized carbons (Fsp3) is 0.160. The molecule has 3 aromatic carbocycles. The number of halogens is 1. The van der Waals surface area contributed by atoms with Gasteiger partial charge < -0.3 is 5.32 Å².